The number of hydrogen-bond donors (Lipinski definition) is 1. The number of rotatable bonds is 6. The average molecular weight is 357 g/mol. The third kappa shape index (κ3) is 3.80. The van der Waals surface area contributed by atoms with Crippen LogP contribution in [0.5, 0.6) is 11.5 Å². The molecule has 0 aliphatic heterocycles. The van der Waals surface area contributed by atoms with E-state index in [1.165, 1.54) is 38.5 Å². The van der Waals surface area contributed by atoms with Crippen molar-refractivity contribution in [2.45, 2.75) is 6.54 Å². The van der Waals surface area contributed by atoms with Crippen LogP contribution in [0.25, 0.3) is 11.5 Å². The molecule has 1 amide bonds. The van der Waals surface area contributed by atoms with E-state index >= 15 is 0 Å². The number of amides is 1. The monoisotopic (exact) mass is 357 g/mol. The second-order valence-electron chi connectivity index (χ2n) is 5.28. The molecule has 134 valence electrons. The molecule has 0 radical (unpaired) electrons. The van der Waals surface area contributed by atoms with Crippen molar-refractivity contribution in [1.29, 1.82) is 0 Å². The van der Waals surface area contributed by atoms with Gasteiger partial charge in [-0.05, 0) is 42.5 Å². The molecule has 1 aromatic heterocycles. The van der Waals surface area contributed by atoms with E-state index in [9.17, 15) is 9.18 Å². The molecule has 3 rings (SSSR count). The van der Waals surface area contributed by atoms with E-state index in [1.54, 1.807) is 18.2 Å². The highest BCUT2D eigenvalue weighted by Gasteiger charge is 2.13. The van der Waals surface area contributed by atoms with Gasteiger partial charge < -0.3 is 19.3 Å². The number of carbonyl (C=O) groups is 1. The van der Waals surface area contributed by atoms with E-state index in [0.29, 0.717) is 28.5 Å². The minimum Gasteiger partial charge on any atom is -0.493 e. The second kappa shape index (κ2) is 7.64. The summed E-state index contributed by atoms with van der Waals surface area (Å²) in [5.41, 5.74) is 1.00. The van der Waals surface area contributed by atoms with Crippen LogP contribution < -0.4 is 14.8 Å². The van der Waals surface area contributed by atoms with Crippen molar-refractivity contribution in [2.75, 3.05) is 14.2 Å². The first-order valence-corrected chi connectivity index (χ1v) is 7.69. The summed E-state index contributed by atoms with van der Waals surface area (Å²) < 4.78 is 28.4. The smallest absolute Gasteiger partial charge is 0.257 e. The Balaban J connectivity index is 1.66. The van der Waals surface area contributed by atoms with Crippen molar-refractivity contribution >= 4 is 5.91 Å². The summed E-state index contributed by atoms with van der Waals surface area (Å²) in [4.78, 5) is 16.4. The Morgan fingerprint density at radius 1 is 1.12 bits per heavy atom. The Bertz CT molecular complexity index is 909. The lowest BCUT2D eigenvalue weighted by Gasteiger charge is -2.09. The summed E-state index contributed by atoms with van der Waals surface area (Å²) in [6, 6.07) is 10.5. The number of methoxy groups -OCH3 is 2. The zero-order chi connectivity index (χ0) is 18.5. The van der Waals surface area contributed by atoms with Crippen molar-refractivity contribution in [3.8, 4) is 23.0 Å². The predicted molar refractivity (Wildman–Crippen MR) is 90.4 cm³/mol. The number of halogens is 1. The van der Waals surface area contributed by atoms with Gasteiger partial charge in [-0.25, -0.2) is 4.39 Å². The van der Waals surface area contributed by atoms with E-state index < -0.39 is 0 Å². The summed E-state index contributed by atoms with van der Waals surface area (Å²) >= 11 is 0. The molecule has 1 heterocycles. The highest BCUT2D eigenvalue weighted by molar-refractivity contribution is 5.94. The molecule has 0 fully saturated rings. The maximum atomic E-state index is 12.9. The van der Waals surface area contributed by atoms with E-state index in [-0.39, 0.29) is 24.2 Å². The lowest BCUT2D eigenvalue weighted by atomic mass is 10.2. The molecule has 0 atom stereocenters. The first-order chi connectivity index (χ1) is 12.6. The molecule has 0 saturated carbocycles. The van der Waals surface area contributed by atoms with Gasteiger partial charge >= 0.3 is 0 Å². The number of nitrogens with zero attached hydrogens (tertiary/aromatic N) is 2. The highest BCUT2D eigenvalue weighted by atomic mass is 19.1. The van der Waals surface area contributed by atoms with E-state index in [2.05, 4.69) is 15.5 Å². The first-order valence-electron chi connectivity index (χ1n) is 7.69. The van der Waals surface area contributed by atoms with Gasteiger partial charge in [0.05, 0.1) is 20.8 Å². The van der Waals surface area contributed by atoms with Crippen molar-refractivity contribution in [2.24, 2.45) is 0 Å². The summed E-state index contributed by atoms with van der Waals surface area (Å²) in [5.74, 6) is 0.873. The molecule has 0 saturated heterocycles. The van der Waals surface area contributed by atoms with Gasteiger partial charge in [-0.15, -0.1) is 0 Å². The Morgan fingerprint density at radius 2 is 1.85 bits per heavy atom. The average Bonchev–Trinajstić information content (AvgIpc) is 3.15. The fraction of sp³-hybridized carbons (Fsp3) is 0.167. The molecule has 2 aromatic carbocycles. The predicted octanol–water partition coefficient (Wildman–Crippen LogP) is 2.82. The molecule has 8 heteroatoms. The standard InChI is InChI=1S/C18H16FN3O4/c1-24-14-8-5-12(9-15(14)25-2)17(23)20-10-16-21-18(26-22-16)11-3-6-13(19)7-4-11/h3-9H,10H2,1-2H3,(H,20,23). The van der Waals surface area contributed by atoms with Crippen LogP contribution in [0.1, 0.15) is 16.2 Å². The molecule has 0 bridgehead atoms. The zero-order valence-electron chi connectivity index (χ0n) is 14.2. The fourth-order valence-corrected chi connectivity index (χ4v) is 2.27. The van der Waals surface area contributed by atoms with Crippen LogP contribution in [0.3, 0.4) is 0 Å². The van der Waals surface area contributed by atoms with E-state index in [4.69, 9.17) is 14.0 Å². The molecule has 0 aliphatic rings. The summed E-state index contributed by atoms with van der Waals surface area (Å²) in [7, 11) is 3.02. The molecule has 0 unspecified atom stereocenters. The third-order valence-electron chi connectivity index (χ3n) is 3.61. The van der Waals surface area contributed by atoms with Gasteiger partial charge in [0.2, 0.25) is 0 Å². The lowest BCUT2D eigenvalue weighted by molar-refractivity contribution is 0.0949. The van der Waals surface area contributed by atoms with Crippen LogP contribution >= 0.6 is 0 Å². The van der Waals surface area contributed by atoms with Crippen LogP contribution in [-0.4, -0.2) is 30.3 Å². The number of benzene rings is 2. The largest absolute Gasteiger partial charge is 0.493 e. The number of carbonyl (C=O) groups excluding carboxylic acids is 1. The van der Waals surface area contributed by atoms with Crippen molar-refractivity contribution < 1.29 is 23.2 Å². The molecule has 1 N–H and O–H groups in total. The minimum atomic E-state index is -0.351. The summed E-state index contributed by atoms with van der Waals surface area (Å²) in [6.07, 6.45) is 0. The van der Waals surface area contributed by atoms with Crippen molar-refractivity contribution in [3.05, 3.63) is 59.7 Å². The normalized spacial score (nSPS) is 10.4. The zero-order valence-corrected chi connectivity index (χ0v) is 14.2. The van der Waals surface area contributed by atoms with Gasteiger partial charge in [0.25, 0.3) is 11.8 Å². The molecule has 0 aliphatic carbocycles. The molecule has 3 aromatic rings. The SMILES string of the molecule is COc1ccc(C(=O)NCc2noc(-c3ccc(F)cc3)n2)cc1OC. The van der Waals surface area contributed by atoms with Crippen LogP contribution in [0.2, 0.25) is 0 Å². The van der Waals surface area contributed by atoms with Crippen molar-refractivity contribution in [1.82, 2.24) is 15.5 Å². The molecule has 26 heavy (non-hydrogen) atoms. The second-order valence-corrected chi connectivity index (χ2v) is 5.28. The van der Waals surface area contributed by atoms with Crippen LogP contribution in [-0.2, 0) is 6.54 Å². The molecular formula is C18H16FN3O4. The van der Waals surface area contributed by atoms with Crippen LogP contribution in [0.15, 0.2) is 47.0 Å². The Morgan fingerprint density at radius 3 is 2.54 bits per heavy atom. The fourth-order valence-electron chi connectivity index (χ4n) is 2.27. The quantitative estimate of drug-likeness (QED) is 0.730. The van der Waals surface area contributed by atoms with Gasteiger partial charge in [-0.3, -0.25) is 4.79 Å². The number of nitrogens with one attached hydrogen (secondary N) is 1. The number of aromatic nitrogens is 2. The number of hydrogen-bond acceptors (Lipinski definition) is 6. The maximum absolute atomic E-state index is 12.9. The van der Waals surface area contributed by atoms with Gasteiger partial charge in [-0.2, -0.15) is 4.98 Å². The third-order valence-corrected chi connectivity index (χ3v) is 3.61. The Labute approximate surface area is 148 Å². The van der Waals surface area contributed by atoms with Crippen molar-refractivity contribution in [3.63, 3.8) is 0 Å². The summed E-state index contributed by atoms with van der Waals surface area (Å²) in [5, 5.41) is 6.50. The lowest BCUT2D eigenvalue weighted by Crippen LogP contribution is -2.23. The van der Waals surface area contributed by atoms with Gasteiger partial charge in [0.1, 0.15) is 5.82 Å². The topological polar surface area (TPSA) is 86.5 Å². The number of ether oxygens (including phenoxy) is 2. The maximum Gasteiger partial charge on any atom is 0.257 e. The van der Waals surface area contributed by atoms with Crippen LogP contribution in [0, 0.1) is 5.82 Å². The summed E-state index contributed by atoms with van der Waals surface area (Å²) in [6.45, 7) is 0.0812. The molecule has 7 nitrogen and oxygen atoms in total. The first kappa shape index (κ1) is 17.4. The molecular weight excluding hydrogens is 341 g/mol. The van der Waals surface area contributed by atoms with E-state index in [1.807, 2.05) is 0 Å². The molecule has 0 spiro atoms. The minimum absolute atomic E-state index is 0.0812. The van der Waals surface area contributed by atoms with Gasteiger partial charge in [0, 0.05) is 11.1 Å². The Hall–Kier alpha value is -3.42. The van der Waals surface area contributed by atoms with Gasteiger partial charge in [-0.1, -0.05) is 5.16 Å². The Kier molecular flexibility index (Phi) is 5.12. The van der Waals surface area contributed by atoms with Gasteiger partial charge in [0.15, 0.2) is 17.3 Å². The van der Waals surface area contributed by atoms with Crippen LogP contribution in [0.4, 0.5) is 4.39 Å². The van der Waals surface area contributed by atoms with E-state index in [0.717, 1.165) is 0 Å². The highest BCUT2D eigenvalue weighted by Crippen LogP contribution is 2.27.